The lowest BCUT2D eigenvalue weighted by atomic mass is 10.3. The van der Waals surface area contributed by atoms with Crippen LogP contribution in [-0.2, 0) is 17.9 Å². The van der Waals surface area contributed by atoms with Gasteiger partial charge in [0.15, 0.2) is 11.0 Å². The summed E-state index contributed by atoms with van der Waals surface area (Å²) in [5.74, 6) is 0.737. The van der Waals surface area contributed by atoms with Crippen molar-refractivity contribution in [1.29, 1.82) is 0 Å². The zero-order valence-corrected chi connectivity index (χ0v) is 17.3. The molecule has 0 aliphatic heterocycles. The number of aromatic nitrogens is 3. The molecule has 1 heterocycles. The molecule has 0 fully saturated rings. The molecule has 0 spiro atoms. The van der Waals surface area contributed by atoms with E-state index in [9.17, 15) is 4.79 Å². The van der Waals surface area contributed by atoms with Crippen LogP contribution in [0.2, 0.25) is 5.02 Å². The van der Waals surface area contributed by atoms with E-state index in [1.165, 1.54) is 11.8 Å². The number of halogens is 1. The van der Waals surface area contributed by atoms with E-state index in [4.69, 9.17) is 11.6 Å². The van der Waals surface area contributed by atoms with Crippen molar-refractivity contribution < 1.29 is 4.79 Å². The lowest BCUT2D eigenvalue weighted by Crippen LogP contribution is -2.23. The molecule has 8 heteroatoms. The number of thioether (sulfide) groups is 1. The molecule has 1 amide bonds. The molecule has 2 aromatic carbocycles. The second kappa shape index (κ2) is 9.61. The minimum Gasteiger partial charge on any atom is -0.378 e. The highest BCUT2D eigenvalue weighted by atomic mass is 35.5. The fraction of sp³-hybridized carbons (Fsp3) is 0.250. The quantitative estimate of drug-likeness (QED) is 0.522. The summed E-state index contributed by atoms with van der Waals surface area (Å²) in [6, 6.07) is 17.0. The standard InChI is InChI=1S/C20H22ClN5OS/c1-3-26-18(13-22-17-11-7-8-15(21)12-17)24-25-20(26)28-14(2)19(27)23-16-9-5-4-6-10-16/h4-12,14,22H,3,13H2,1-2H3,(H,23,27)/t14-/m0/s1. The Morgan fingerprint density at radius 1 is 1.14 bits per heavy atom. The van der Waals surface area contributed by atoms with Crippen LogP contribution in [0, 0.1) is 0 Å². The normalized spacial score (nSPS) is 11.8. The van der Waals surface area contributed by atoms with E-state index in [0.29, 0.717) is 11.6 Å². The first-order valence-electron chi connectivity index (χ1n) is 9.01. The van der Waals surface area contributed by atoms with Gasteiger partial charge in [-0.3, -0.25) is 4.79 Å². The van der Waals surface area contributed by atoms with Gasteiger partial charge < -0.3 is 15.2 Å². The highest BCUT2D eigenvalue weighted by molar-refractivity contribution is 8.00. The van der Waals surface area contributed by atoms with E-state index in [2.05, 4.69) is 20.8 Å². The second-order valence-electron chi connectivity index (χ2n) is 6.12. The molecule has 0 aliphatic rings. The van der Waals surface area contributed by atoms with Gasteiger partial charge in [0.1, 0.15) is 0 Å². The van der Waals surface area contributed by atoms with Crippen LogP contribution in [0.25, 0.3) is 0 Å². The van der Waals surface area contributed by atoms with Gasteiger partial charge in [0.2, 0.25) is 5.91 Å². The lowest BCUT2D eigenvalue weighted by Gasteiger charge is -2.13. The van der Waals surface area contributed by atoms with Crippen molar-refractivity contribution in [3.8, 4) is 0 Å². The number of para-hydroxylation sites is 1. The first kappa shape index (κ1) is 20.2. The van der Waals surface area contributed by atoms with Crippen LogP contribution in [0.1, 0.15) is 19.7 Å². The minimum absolute atomic E-state index is 0.0690. The SMILES string of the molecule is CCn1c(CNc2cccc(Cl)c2)nnc1S[C@@H](C)C(=O)Nc1ccccc1. The number of carbonyl (C=O) groups is 1. The first-order valence-corrected chi connectivity index (χ1v) is 10.3. The van der Waals surface area contributed by atoms with Crippen LogP contribution < -0.4 is 10.6 Å². The Balaban J connectivity index is 1.63. The second-order valence-corrected chi connectivity index (χ2v) is 7.87. The summed E-state index contributed by atoms with van der Waals surface area (Å²) in [6.07, 6.45) is 0. The third-order valence-electron chi connectivity index (χ3n) is 4.08. The number of nitrogens with zero attached hydrogens (tertiary/aromatic N) is 3. The number of carbonyl (C=O) groups excluding carboxylic acids is 1. The van der Waals surface area contributed by atoms with Crippen molar-refractivity contribution in [2.45, 2.75) is 37.3 Å². The Morgan fingerprint density at radius 2 is 1.89 bits per heavy atom. The van der Waals surface area contributed by atoms with Crippen LogP contribution in [0.5, 0.6) is 0 Å². The number of amides is 1. The molecule has 3 aromatic rings. The van der Waals surface area contributed by atoms with Crippen LogP contribution in [0.15, 0.2) is 59.8 Å². The van der Waals surface area contributed by atoms with Gasteiger partial charge in [-0.25, -0.2) is 0 Å². The summed E-state index contributed by atoms with van der Waals surface area (Å²) >= 11 is 7.42. The maximum atomic E-state index is 12.5. The van der Waals surface area contributed by atoms with Crippen molar-refractivity contribution in [3.05, 3.63) is 65.4 Å². The monoisotopic (exact) mass is 415 g/mol. The maximum Gasteiger partial charge on any atom is 0.237 e. The number of anilines is 2. The molecule has 0 saturated carbocycles. The highest BCUT2D eigenvalue weighted by Gasteiger charge is 2.19. The number of rotatable bonds is 8. The van der Waals surface area contributed by atoms with E-state index < -0.39 is 0 Å². The van der Waals surface area contributed by atoms with Gasteiger partial charge in [-0.05, 0) is 44.2 Å². The molecule has 0 aliphatic carbocycles. The number of hydrogen-bond donors (Lipinski definition) is 2. The average Bonchev–Trinajstić information content (AvgIpc) is 3.08. The molecular formula is C20H22ClN5OS. The topological polar surface area (TPSA) is 71.8 Å². The van der Waals surface area contributed by atoms with E-state index >= 15 is 0 Å². The van der Waals surface area contributed by atoms with Crippen molar-refractivity contribution in [2.24, 2.45) is 0 Å². The fourth-order valence-corrected chi connectivity index (χ4v) is 3.73. The van der Waals surface area contributed by atoms with Crippen LogP contribution in [0.4, 0.5) is 11.4 Å². The van der Waals surface area contributed by atoms with Gasteiger partial charge in [0.25, 0.3) is 0 Å². The van der Waals surface area contributed by atoms with Crippen LogP contribution >= 0.6 is 23.4 Å². The average molecular weight is 416 g/mol. The predicted molar refractivity (Wildman–Crippen MR) is 115 cm³/mol. The Hall–Kier alpha value is -2.51. The molecule has 2 N–H and O–H groups in total. The Bertz CT molecular complexity index is 931. The summed E-state index contributed by atoms with van der Waals surface area (Å²) in [5, 5.41) is 15.9. The molecule has 0 saturated heterocycles. The van der Waals surface area contributed by atoms with Crippen molar-refractivity contribution >= 4 is 40.6 Å². The molecule has 1 aromatic heterocycles. The Labute approximate surface area is 173 Å². The largest absolute Gasteiger partial charge is 0.378 e. The highest BCUT2D eigenvalue weighted by Crippen LogP contribution is 2.24. The molecule has 0 unspecified atom stereocenters. The van der Waals surface area contributed by atoms with Gasteiger partial charge in [-0.2, -0.15) is 0 Å². The zero-order valence-electron chi connectivity index (χ0n) is 15.7. The summed E-state index contributed by atoms with van der Waals surface area (Å²) in [7, 11) is 0. The maximum absolute atomic E-state index is 12.5. The summed E-state index contributed by atoms with van der Waals surface area (Å²) in [4.78, 5) is 12.5. The number of hydrogen-bond acceptors (Lipinski definition) is 5. The van der Waals surface area contributed by atoms with Gasteiger partial charge in [-0.1, -0.05) is 47.6 Å². The van der Waals surface area contributed by atoms with E-state index in [-0.39, 0.29) is 11.2 Å². The van der Waals surface area contributed by atoms with Gasteiger partial charge >= 0.3 is 0 Å². The first-order chi connectivity index (χ1) is 13.6. The molecular weight excluding hydrogens is 394 g/mol. The van der Waals surface area contributed by atoms with Crippen molar-refractivity contribution in [1.82, 2.24) is 14.8 Å². The lowest BCUT2D eigenvalue weighted by molar-refractivity contribution is -0.115. The van der Waals surface area contributed by atoms with E-state index in [1.54, 1.807) is 0 Å². The Kier molecular flexibility index (Phi) is 6.95. The molecule has 28 heavy (non-hydrogen) atoms. The molecule has 1 atom stereocenters. The molecule has 0 bridgehead atoms. The molecule has 6 nitrogen and oxygen atoms in total. The van der Waals surface area contributed by atoms with Crippen LogP contribution in [0.3, 0.4) is 0 Å². The molecule has 0 radical (unpaired) electrons. The Morgan fingerprint density at radius 3 is 2.61 bits per heavy atom. The van der Waals surface area contributed by atoms with Gasteiger partial charge in [0.05, 0.1) is 11.8 Å². The summed E-state index contributed by atoms with van der Waals surface area (Å²) in [6.45, 7) is 5.13. The van der Waals surface area contributed by atoms with Crippen LogP contribution in [-0.4, -0.2) is 25.9 Å². The van der Waals surface area contributed by atoms with E-state index in [1.807, 2.05) is 73.0 Å². The van der Waals surface area contributed by atoms with Gasteiger partial charge in [-0.15, -0.1) is 10.2 Å². The third-order valence-corrected chi connectivity index (χ3v) is 5.39. The summed E-state index contributed by atoms with van der Waals surface area (Å²) in [5.41, 5.74) is 1.70. The summed E-state index contributed by atoms with van der Waals surface area (Å²) < 4.78 is 2.01. The minimum atomic E-state index is -0.302. The molecule has 3 rings (SSSR count). The van der Waals surface area contributed by atoms with Gasteiger partial charge in [0, 0.05) is 22.9 Å². The predicted octanol–water partition coefficient (Wildman–Crippen LogP) is 4.68. The smallest absolute Gasteiger partial charge is 0.237 e. The van der Waals surface area contributed by atoms with Crippen molar-refractivity contribution in [3.63, 3.8) is 0 Å². The van der Waals surface area contributed by atoms with Crippen molar-refractivity contribution in [2.75, 3.05) is 10.6 Å². The fourth-order valence-electron chi connectivity index (χ4n) is 2.61. The number of nitrogens with one attached hydrogen (secondary N) is 2. The van der Waals surface area contributed by atoms with E-state index in [0.717, 1.165) is 28.9 Å². The molecule has 146 valence electrons. The zero-order chi connectivity index (χ0) is 19.9. The third kappa shape index (κ3) is 5.27. The number of benzene rings is 2.